The van der Waals surface area contributed by atoms with Crippen LogP contribution in [0.4, 0.5) is 0 Å². The minimum absolute atomic E-state index is 0. The van der Waals surface area contributed by atoms with Gasteiger partial charge >= 0.3 is 5.97 Å². The van der Waals surface area contributed by atoms with Gasteiger partial charge in [0.1, 0.15) is 0 Å². The van der Waals surface area contributed by atoms with Gasteiger partial charge in [0.15, 0.2) is 0 Å². The maximum absolute atomic E-state index is 11.0. The van der Waals surface area contributed by atoms with Crippen LogP contribution in [0.3, 0.4) is 0 Å². The zero-order valence-corrected chi connectivity index (χ0v) is 10.8. The van der Waals surface area contributed by atoms with E-state index in [-0.39, 0.29) is 37.2 Å². The Morgan fingerprint density at radius 2 is 1.88 bits per heavy atom. The minimum Gasteiger partial charge on any atom is -0.466 e. The first-order valence-corrected chi connectivity index (χ1v) is 6.67. The molecule has 0 heterocycles. The molecule has 0 saturated heterocycles. The quantitative estimate of drug-likeness (QED) is 0.299. The molecule has 0 aromatic carbocycles. The van der Waals surface area contributed by atoms with Crippen molar-refractivity contribution < 1.29 is 22.5 Å². The molecule has 1 radical (unpaired) electrons. The molecule has 0 rings (SSSR count). The maximum Gasteiger partial charge on any atom is 0.305 e. The van der Waals surface area contributed by atoms with E-state index in [1.54, 1.807) is 0 Å². The second-order valence-corrected chi connectivity index (χ2v) is 4.89. The largest absolute Gasteiger partial charge is 0.466 e. The fourth-order valence-corrected chi connectivity index (χ4v) is 1.53. The van der Waals surface area contributed by atoms with Gasteiger partial charge in [0.2, 0.25) is 0 Å². The molecule has 7 heteroatoms. The summed E-state index contributed by atoms with van der Waals surface area (Å²) >= 11 is 0. The number of ether oxygens (including phenoxy) is 1. The van der Waals surface area contributed by atoms with Crippen LogP contribution < -0.4 is 0 Å². The summed E-state index contributed by atoms with van der Waals surface area (Å²) in [5.74, 6) is -0.525. The topological polar surface area (TPSA) is 80.7 Å². The van der Waals surface area contributed by atoms with Crippen LogP contribution in [0.2, 0.25) is 0 Å². The van der Waals surface area contributed by atoms with Crippen LogP contribution >= 0.6 is 0 Å². The van der Waals surface area contributed by atoms with Gasteiger partial charge in [-0.3, -0.25) is 9.35 Å². The molecule has 0 fully saturated rings. The summed E-state index contributed by atoms with van der Waals surface area (Å²) in [7, 11) is -3.88. The molecule has 0 aliphatic carbocycles. The van der Waals surface area contributed by atoms with Gasteiger partial charge in [0.05, 0.1) is 12.4 Å². The number of carbonyl (C=O) groups excluding carboxylic acids is 1. The van der Waals surface area contributed by atoms with Gasteiger partial charge in [-0.25, -0.2) is 0 Å². The third-order valence-corrected chi connectivity index (χ3v) is 2.60. The predicted octanol–water partition coefficient (Wildman–Crippen LogP) is 1.01. The van der Waals surface area contributed by atoms with Crippen molar-refractivity contribution in [2.24, 2.45) is 0 Å². The molecule has 0 aliphatic rings. The average Bonchev–Trinajstić information content (AvgIpc) is 2.12. The Kier molecular flexibility index (Phi) is 11.6. The van der Waals surface area contributed by atoms with Gasteiger partial charge in [-0.05, 0) is 19.3 Å². The number of hydrogen-bond donors (Lipinski definition) is 1. The molecular weight excluding hydrogens is 227 g/mol. The minimum atomic E-state index is -3.88. The van der Waals surface area contributed by atoms with Crippen molar-refractivity contribution in [3.05, 3.63) is 0 Å². The van der Waals surface area contributed by atoms with E-state index in [1.807, 2.05) is 6.92 Å². The number of esters is 1. The first-order valence-electron chi connectivity index (χ1n) is 5.06. The summed E-state index contributed by atoms with van der Waals surface area (Å²) in [6.07, 6.45) is 2.92. The van der Waals surface area contributed by atoms with Crippen LogP contribution in [0.15, 0.2) is 0 Å². The summed E-state index contributed by atoms with van der Waals surface area (Å²) in [4.78, 5) is 11.0. The zero-order chi connectivity index (χ0) is 11.7. The van der Waals surface area contributed by atoms with Crippen LogP contribution in [-0.2, 0) is 19.6 Å². The summed E-state index contributed by atoms with van der Waals surface area (Å²) < 4.78 is 33.9. The Bertz CT molecular complexity index is 276. The first kappa shape index (κ1) is 18.3. The molecule has 5 nitrogen and oxygen atoms in total. The van der Waals surface area contributed by atoms with Gasteiger partial charge in [0, 0.05) is 25.3 Å². The van der Waals surface area contributed by atoms with Crippen LogP contribution in [0.5, 0.6) is 0 Å². The normalized spacial score (nSPS) is 10.6. The van der Waals surface area contributed by atoms with Crippen LogP contribution in [0, 0.1) is 0 Å². The SMILES string of the molecule is CCCCC(=O)OCCCCS(=O)(=O)O.[Li]. The zero-order valence-electron chi connectivity index (χ0n) is 9.94. The van der Waals surface area contributed by atoms with Crippen molar-refractivity contribution in [3.8, 4) is 0 Å². The molecule has 16 heavy (non-hydrogen) atoms. The maximum atomic E-state index is 11.0. The summed E-state index contributed by atoms with van der Waals surface area (Å²) in [6, 6.07) is 0. The Morgan fingerprint density at radius 1 is 1.25 bits per heavy atom. The van der Waals surface area contributed by atoms with Crippen molar-refractivity contribution in [2.45, 2.75) is 39.0 Å². The van der Waals surface area contributed by atoms with Crippen molar-refractivity contribution in [2.75, 3.05) is 12.4 Å². The smallest absolute Gasteiger partial charge is 0.305 e. The third kappa shape index (κ3) is 14.0. The predicted molar refractivity (Wildman–Crippen MR) is 61.9 cm³/mol. The van der Waals surface area contributed by atoms with E-state index in [0.29, 0.717) is 19.3 Å². The second kappa shape index (κ2) is 10.2. The fourth-order valence-electron chi connectivity index (χ4n) is 0.966. The molecular formula is C9H18LiO5S. The van der Waals surface area contributed by atoms with E-state index in [4.69, 9.17) is 9.29 Å². The van der Waals surface area contributed by atoms with Crippen molar-refractivity contribution in [1.29, 1.82) is 0 Å². The van der Waals surface area contributed by atoms with Crippen LogP contribution in [0.25, 0.3) is 0 Å². The van der Waals surface area contributed by atoms with Crippen molar-refractivity contribution in [1.82, 2.24) is 0 Å². The molecule has 91 valence electrons. The van der Waals surface area contributed by atoms with Crippen LogP contribution in [-0.4, -0.2) is 50.2 Å². The summed E-state index contributed by atoms with van der Waals surface area (Å²) in [5.41, 5.74) is 0. The van der Waals surface area contributed by atoms with Crippen molar-refractivity contribution >= 4 is 34.9 Å². The van der Waals surface area contributed by atoms with Gasteiger partial charge in [0.25, 0.3) is 10.1 Å². The Balaban J connectivity index is 0. The monoisotopic (exact) mass is 245 g/mol. The molecule has 0 amide bonds. The molecule has 0 aromatic rings. The van der Waals surface area contributed by atoms with E-state index in [0.717, 1.165) is 12.8 Å². The molecule has 0 aliphatic heterocycles. The molecule has 0 unspecified atom stereocenters. The molecule has 0 saturated carbocycles. The average molecular weight is 245 g/mol. The number of carbonyl (C=O) groups is 1. The summed E-state index contributed by atoms with van der Waals surface area (Å²) in [5, 5.41) is 0. The number of hydrogen-bond acceptors (Lipinski definition) is 4. The van der Waals surface area contributed by atoms with Gasteiger partial charge in [-0.15, -0.1) is 0 Å². The fraction of sp³-hybridized carbons (Fsp3) is 0.889. The van der Waals surface area contributed by atoms with E-state index in [9.17, 15) is 13.2 Å². The van der Waals surface area contributed by atoms with E-state index in [2.05, 4.69) is 0 Å². The number of rotatable bonds is 8. The van der Waals surface area contributed by atoms with Gasteiger partial charge in [-0.2, -0.15) is 8.42 Å². The molecule has 1 N–H and O–H groups in total. The third-order valence-electron chi connectivity index (χ3n) is 1.79. The van der Waals surface area contributed by atoms with Crippen molar-refractivity contribution in [3.63, 3.8) is 0 Å². The second-order valence-electron chi connectivity index (χ2n) is 3.32. The number of unbranched alkanes of at least 4 members (excludes halogenated alkanes) is 2. The molecule has 0 atom stereocenters. The molecule has 0 aromatic heterocycles. The first-order chi connectivity index (χ1) is 6.95. The Morgan fingerprint density at radius 3 is 2.38 bits per heavy atom. The Labute approximate surface area is 109 Å². The van der Waals surface area contributed by atoms with E-state index in [1.165, 1.54) is 0 Å². The van der Waals surface area contributed by atoms with Crippen LogP contribution in [0.1, 0.15) is 39.0 Å². The molecule has 0 bridgehead atoms. The van der Waals surface area contributed by atoms with E-state index >= 15 is 0 Å². The Hall–Kier alpha value is -0.0226. The van der Waals surface area contributed by atoms with Gasteiger partial charge in [-0.1, -0.05) is 13.3 Å². The molecule has 0 spiro atoms. The standard InChI is InChI=1S/C9H18O5S.Li/c1-2-3-6-9(10)14-7-4-5-8-15(11,12)13;/h2-8H2,1H3,(H,11,12,13);. The summed E-state index contributed by atoms with van der Waals surface area (Å²) in [6.45, 7) is 2.21. The van der Waals surface area contributed by atoms with Gasteiger partial charge < -0.3 is 4.74 Å². The van der Waals surface area contributed by atoms with E-state index < -0.39 is 10.1 Å².